The van der Waals surface area contributed by atoms with E-state index in [1.54, 1.807) is 0 Å². The molecular weight excluding hydrogens is 164 g/mol. The summed E-state index contributed by atoms with van der Waals surface area (Å²) in [5, 5.41) is 0. The van der Waals surface area contributed by atoms with Crippen molar-refractivity contribution in [2.24, 2.45) is 5.41 Å². The molecule has 4 heteroatoms. The molecule has 1 aliphatic heterocycles. The number of alkyl halides is 2. The highest BCUT2D eigenvalue weighted by molar-refractivity contribution is 5.79. The average Bonchev–Trinajstić information content (AvgIpc) is 2.28. The first-order valence-corrected chi connectivity index (χ1v) is 3.99. The average molecular weight is 177 g/mol. The highest BCUT2D eigenvalue weighted by Crippen LogP contribution is 2.29. The Balaban J connectivity index is 2.53. The Morgan fingerprint density at radius 1 is 1.50 bits per heavy atom. The van der Waals surface area contributed by atoms with Gasteiger partial charge in [0.15, 0.2) is 0 Å². The molecule has 1 rings (SSSR count). The van der Waals surface area contributed by atoms with E-state index in [1.807, 2.05) is 13.8 Å². The van der Waals surface area contributed by atoms with Gasteiger partial charge in [0.05, 0.1) is 0 Å². The molecule has 0 atom stereocenters. The molecule has 70 valence electrons. The van der Waals surface area contributed by atoms with Crippen molar-refractivity contribution in [1.82, 2.24) is 4.90 Å². The van der Waals surface area contributed by atoms with Crippen LogP contribution in [-0.4, -0.2) is 30.3 Å². The molecule has 1 amide bonds. The summed E-state index contributed by atoms with van der Waals surface area (Å²) in [6.45, 7) is 4.88. The quantitative estimate of drug-likeness (QED) is 0.594. The highest BCUT2D eigenvalue weighted by atomic mass is 19.3. The molecule has 1 fully saturated rings. The van der Waals surface area contributed by atoms with Crippen LogP contribution in [0.5, 0.6) is 0 Å². The molecule has 0 aromatic rings. The first-order chi connectivity index (χ1) is 5.42. The van der Waals surface area contributed by atoms with Crippen LogP contribution in [0.4, 0.5) is 8.78 Å². The Labute approximate surface area is 70.5 Å². The number of hydrogen-bond donors (Lipinski definition) is 0. The van der Waals surface area contributed by atoms with E-state index in [-0.39, 0.29) is 5.41 Å². The predicted octanol–water partition coefficient (Wildman–Crippen LogP) is 1.51. The summed E-state index contributed by atoms with van der Waals surface area (Å²) in [4.78, 5) is 12.0. The molecule has 0 saturated carbocycles. The van der Waals surface area contributed by atoms with E-state index in [2.05, 4.69) is 0 Å². The van der Waals surface area contributed by atoms with E-state index >= 15 is 0 Å². The smallest absolute Gasteiger partial charge is 0.315 e. The molecule has 0 spiro atoms. The van der Waals surface area contributed by atoms with E-state index in [4.69, 9.17) is 0 Å². The van der Waals surface area contributed by atoms with Crippen LogP contribution in [0.3, 0.4) is 0 Å². The fourth-order valence-electron chi connectivity index (χ4n) is 1.44. The predicted molar refractivity (Wildman–Crippen MR) is 41.0 cm³/mol. The Morgan fingerprint density at radius 2 is 2.08 bits per heavy atom. The van der Waals surface area contributed by atoms with Gasteiger partial charge < -0.3 is 4.90 Å². The van der Waals surface area contributed by atoms with Crippen LogP contribution in [0, 0.1) is 5.41 Å². The molecule has 0 aromatic carbocycles. The van der Waals surface area contributed by atoms with Gasteiger partial charge in [-0.3, -0.25) is 4.79 Å². The largest absolute Gasteiger partial charge is 0.337 e. The maximum atomic E-state index is 11.9. The fourth-order valence-corrected chi connectivity index (χ4v) is 1.44. The van der Waals surface area contributed by atoms with Crippen LogP contribution in [0.2, 0.25) is 0 Å². The number of carbonyl (C=O) groups excluding carboxylic acids is 1. The lowest BCUT2D eigenvalue weighted by molar-refractivity contribution is -0.142. The van der Waals surface area contributed by atoms with E-state index in [1.165, 1.54) is 4.90 Å². The Hall–Kier alpha value is -0.670. The van der Waals surface area contributed by atoms with Crippen molar-refractivity contribution in [3.8, 4) is 0 Å². The number of halogens is 2. The van der Waals surface area contributed by atoms with Gasteiger partial charge in [-0.05, 0) is 11.8 Å². The summed E-state index contributed by atoms with van der Waals surface area (Å²) in [6, 6.07) is 0. The van der Waals surface area contributed by atoms with Gasteiger partial charge >= 0.3 is 6.43 Å². The summed E-state index contributed by atoms with van der Waals surface area (Å²) >= 11 is 0. The van der Waals surface area contributed by atoms with Gasteiger partial charge in [0.25, 0.3) is 5.91 Å². The maximum absolute atomic E-state index is 11.9. The molecule has 0 bridgehead atoms. The van der Waals surface area contributed by atoms with Crippen molar-refractivity contribution in [3.05, 3.63) is 0 Å². The van der Waals surface area contributed by atoms with Crippen LogP contribution >= 0.6 is 0 Å². The fraction of sp³-hybridized carbons (Fsp3) is 0.875. The van der Waals surface area contributed by atoms with Crippen LogP contribution in [0.15, 0.2) is 0 Å². The molecule has 0 radical (unpaired) electrons. The summed E-state index contributed by atoms with van der Waals surface area (Å²) < 4.78 is 23.9. The third kappa shape index (κ3) is 1.93. The Bertz CT molecular complexity index is 191. The second-order valence-electron chi connectivity index (χ2n) is 3.97. The third-order valence-corrected chi connectivity index (χ3v) is 2.18. The molecule has 0 N–H and O–H groups in total. The highest BCUT2D eigenvalue weighted by Gasteiger charge is 2.34. The summed E-state index contributed by atoms with van der Waals surface area (Å²) in [5.74, 6) is -1.03. The number of amides is 1. The minimum Gasteiger partial charge on any atom is -0.337 e. The Morgan fingerprint density at radius 3 is 2.42 bits per heavy atom. The number of rotatable bonds is 1. The van der Waals surface area contributed by atoms with E-state index in [9.17, 15) is 13.6 Å². The molecule has 1 aliphatic rings. The van der Waals surface area contributed by atoms with Crippen LogP contribution < -0.4 is 0 Å². The number of carbonyl (C=O) groups is 1. The number of nitrogens with zero attached hydrogens (tertiary/aromatic N) is 1. The zero-order valence-corrected chi connectivity index (χ0v) is 7.31. The molecule has 0 aromatic heterocycles. The molecular formula is C8H13F2NO. The van der Waals surface area contributed by atoms with Crippen molar-refractivity contribution in [2.45, 2.75) is 26.7 Å². The standard InChI is InChI=1S/C8H13F2NO/c1-8(2)3-4-11(5-8)7(12)6(9)10/h6H,3-5H2,1-2H3. The topological polar surface area (TPSA) is 20.3 Å². The lowest BCUT2D eigenvalue weighted by atomic mass is 9.93. The summed E-state index contributed by atoms with van der Waals surface area (Å²) in [7, 11) is 0. The summed E-state index contributed by atoms with van der Waals surface area (Å²) in [5.41, 5.74) is 0.00451. The minimum absolute atomic E-state index is 0.00451. The van der Waals surface area contributed by atoms with Crippen LogP contribution in [0.25, 0.3) is 0 Å². The Kier molecular flexibility index (Phi) is 2.35. The van der Waals surface area contributed by atoms with Gasteiger partial charge in [-0.2, -0.15) is 8.78 Å². The van der Waals surface area contributed by atoms with Crippen molar-refractivity contribution < 1.29 is 13.6 Å². The minimum atomic E-state index is -2.85. The lowest BCUT2D eigenvalue weighted by Crippen LogP contribution is -2.34. The SMILES string of the molecule is CC1(C)CCN(C(=O)C(F)F)C1. The van der Waals surface area contributed by atoms with Gasteiger partial charge in [0, 0.05) is 13.1 Å². The van der Waals surface area contributed by atoms with E-state index < -0.39 is 12.3 Å². The number of likely N-dealkylation sites (tertiary alicyclic amines) is 1. The van der Waals surface area contributed by atoms with Gasteiger partial charge in [-0.1, -0.05) is 13.8 Å². The maximum Gasteiger partial charge on any atom is 0.315 e. The van der Waals surface area contributed by atoms with Gasteiger partial charge in [0.1, 0.15) is 0 Å². The van der Waals surface area contributed by atoms with Crippen molar-refractivity contribution in [2.75, 3.05) is 13.1 Å². The third-order valence-electron chi connectivity index (χ3n) is 2.18. The zero-order chi connectivity index (χ0) is 9.35. The molecule has 2 nitrogen and oxygen atoms in total. The summed E-state index contributed by atoms with van der Waals surface area (Å²) in [6.07, 6.45) is -2.04. The van der Waals surface area contributed by atoms with E-state index in [0.717, 1.165) is 6.42 Å². The van der Waals surface area contributed by atoms with Crippen LogP contribution in [-0.2, 0) is 4.79 Å². The molecule has 0 aliphatic carbocycles. The normalized spacial score (nSPS) is 21.9. The van der Waals surface area contributed by atoms with Gasteiger partial charge in [-0.25, -0.2) is 0 Å². The van der Waals surface area contributed by atoms with E-state index in [0.29, 0.717) is 13.1 Å². The molecule has 12 heavy (non-hydrogen) atoms. The van der Waals surface area contributed by atoms with Crippen LogP contribution in [0.1, 0.15) is 20.3 Å². The van der Waals surface area contributed by atoms with Gasteiger partial charge in [-0.15, -0.1) is 0 Å². The van der Waals surface area contributed by atoms with Gasteiger partial charge in [0.2, 0.25) is 0 Å². The number of hydrogen-bond acceptors (Lipinski definition) is 1. The lowest BCUT2D eigenvalue weighted by Gasteiger charge is -2.19. The second kappa shape index (κ2) is 2.99. The van der Waals surface area contributed by atoms with Crippen molar-refractivity contribution in [1.29, 1.82) is 0 Å². The first-order valence-electron chi connectivity index (χ1n) is 3.99. The van der Waals surface area contributed by atoms with Crippen molar-refractivity contribution >= 4 is 5.91 Å². The molecule has 0 unspecified atom stereocenters. The first kappa shape index (κ1) is 9.42. The monoisotopic (exact) mass is 177 g/mol. The zero-order valence-electron chi connectivity index (χ0n) is 7.31. The second-order valence-corrected chi connectivity index (χ2v) is 3.97. The molecule has 1 heterocycles. The van der Waals surface area contributed by atoms with Crippen molar-refractivity contribution in [3.63, 3.8) is 0 Å². The molecule has 1 saturated heterocycles.